The van der Waals surface area contributed by atoms with Crippen molar-refractivity contribution in [3.63, 3.8) is 0 Å². The minimum Gasteiger partial charge on any atom is -0.460 e. The molecule has 0 atom stereocenters. The van der Waals surface area contributed by atoms with Crippen LogP contribution in [0.5, 0.6) is 0 Å². The third kappa shape index (κ3) is 4.09. The molecule has 3 aromatic rings. The van der Waals surface area contributed by atoms with Crippen LogP contribution in [0.25, 0.3) is 10.9 Å². The normalized spacial score (nSPS) is 11.0. The van der Waals surface area contributed by atoms with Gasteiger partial charge in [-0.3, -0.25) is 4.79 Å². The predicted octanol–water partition coefficient (Wildman–Crippen LogP) is 2.89. The van der Waals surface area contributed by atoms with E-state index in [1.54, 1.807) is 21.0 Å². The van der Waals surface area contributed by atoms with Gasteiger partial charge >= 0.3 is 5.97 Å². The summed E-state index contributed by atoms with van der Waals surface area (Å²) < 4.78 is 10.1. The van der Waals surface area contributed by atoms with Gasteiger partial charge < -0.3 is 24.8 Å². The summed E-state index contributed by atoms with van der Waals surface area (Å²) in [6.07, 6.45) is 2.68. The maximum Gasteiger partial charge on any atom is 0.340 e. The molecule has 0 radical (unpaired) electrons. The Labute approximate surface area is 163 Å². The van der Waals surface area contributed by atoms with Crippen molar-refractivity contribution < 1.29 is 19.1 Å². The van der Waals surface area contributed by atoms with Crippen molar-refractivity contribution in [2.75, 3.05) is 26.9 Å². The number of nitrogens with one attached hydrogen (secondary N) is 3. The smallest absolute Gasteiger partial charge is 0.340 e. The Bertz CT molecular complexity index is 987. The van der Waals surface area contributed by atoms with Gasteiger partial charge in [-0.15, -0.1) is 0 Å². The van der Waals surface area contributed by atoms with Gasteiger partial charge in [0, 0.05) is 36.4 Å². The number of ether oxygens (including phenoxy) is 2. The molecule has 0 saturated carbocycles. The highest BCUT2D eigenvalue weighted by Crippen LogP contribution is 2.20. The Hall–Kier alpha value is -3.06. The van der Waals surface area contributed by atoms with Gasteiger partial charge in [0.15, 0.2) is 0 Å². The first kappa shape index (κ1) is 19.7. The topological polar surface area (TPSA) is 96.2 Å². The van der Waals surface area contributed by atoms with Crippen molar-refractivity contribution in [2.45, 2.75) is 20.3 Å². The number of aromatic amines is 2. The van der Waals surface area contributed by atoms with Crippen LogP contribution in [-0.4, -0.2) is 48.7 Å². The first-order valence-electron chi connectivity index (χ1n) is 9.21. The van der Waals surface area contributed by atoms with Crippen molar-refractivity contribution in [3.8, 4) is 0 Å². The number of fused-ring (bicyclic) bond motifs is 1. The molecule has 0 aliphatic carbocycles. The summed E-state index contributed by atoms with van der Waals surface area (Å²) >= 11 is 0. The Kier molecular flexibility index (Phi) is 6.16. The third-order valence-electron chi connectivity index (χ3n) is 4.74. The van der Waals surface area contributed by atoms with E-state index in [4.69, 9.17) is 9.47 Å². The van der Waals surface area contributed by atoms with Crippen molar-refractivity contribution in [1.82, 2.24) is 15.3 Å². The molecule has 3 N–H and O–H groups in total. The summed E-state index contributed by atoms with van der Waals surface area (Å²) in [6, 6.07) is 8.06. The summed E-state index contributed by atoms with van der Waals surface area (Å²) in [6.45, 7) is 4.49. The fraction of sp³-hybridized carbons (Fsp3) is 0.333. The zero-order valence-electron chi connectivity index (χ0n) is 16.3. The predicted molar refractivity (Wildman–Crippen MR) is 107 cm³/mol. The number of hydrogen-bond donors (Lipinski definition) is 3. The summed E-state index contributed by atoms with van der Waals surface area (Å²) in [7, 11) is 1.54. The summed E-state index contributed by atoms with van der Waals surface area (Å²) in [5, 5.41) is 4.08. The maximum absolute atomic E-state index is 12.6. The Morgan fingerprint density at radius 2 is 1.93 bits per heavy atom. The van der Waals surface area contributed by atoms with Crippen molar-refractivity contribution in [3.05, 3.63) is 58.5 Å². The molecule has 0 unspecified atom stereocenters. The van der Waals surface area contributed by atoms with Gasteiger partial charge in [0.2, 0.25) is 0 Å². The molecule has 0 spiro atoms. The monoisotopic (exact) mass is 383 g/mol. The highest BCUT2D eigenvalue weighted by atomic mass is 16.6. The lowest BCUT2D eigenvalue weighted by Gasteiger charge is -2.06. The number of esters is 1. The molecule has 0 aliphatic rings. The van der Waals surface area contributed by atoms with E-state index in [1.165, 1.54) is 0 Å². The number of amides is 1. The van der Waals surface area contributed by atoms with Crippen LogP contribution in [0.3, 0.4) is 0 Å². The molecule has 1 aromatic carbocycles. The first-order valence-corrected chi connectivity index (χ1v) is 9.21. The van der Waals surface area contributed by atoms with Crippen LogP contribution in [0.4, 0.5) is 0 Å². The third-order valence-corrected chi connectivity index (χ3v) is 4.74. The molecule has 1 amide bonds. The van der Waals surface area contributed by atoms with Gasteiger partial charge in [-0.2, -0.15) is 0 Å². The van der Waals surface area contributed by atoms with Crippen molar-refractivity contribution in [1.29, 1.82) is 0 Å². The van der Waals surface area contributed by atoms with Crippen molar-refractivity contribution >= 4 is 22.8 Å². The lowest BCUT2D eigenvalue weighted by molar-refractivity contribution is 0.0387. The number of benzene rings is 1. The molecule has 7 nitrogen and oxygen atoms in total. The summed E-state index contributed by atoms with van der Waals surface area (Å²) in [5.41, 5.74) is 4.22. The largest absolute Gasteiger partial charge is 0.460 e. The fourth-order valence-electron chi connectivity index (χ4n) is 3.31. The SMILES string of the molecule is COCCOC(=O)c1c(C)[nH]c(C(=O)NCCc2c[nH]c3ccccc23)c1C. The van der Waals surface area contributed by atoms with Gasteiger partial charge in [-0.05, 0) is 37.5 Å². The minimum absolute atomic E-state index is 0.172. The standard InChI is InChI=1S/C21H25N3O4/c1-13-18(21(26)28-11-10-27-3)14(2)24-19(13)20(25)22-9-8-15-12-23-17-7-5-4-6-16(15)17/h4-7,12,23-24H,8-11H2,1-3H3,(H,22,25). The van der Waals surface area contributed by atoms with E-state index in [-0.39, 0.29) is 12.5 Å². The number of H-pyrrole nitrogens is 2. The van der Waals surface area contributed by atoms with E-state index in [2.05, 4.69) is 21.4 Å². The molecular weight excluding hydrogens is 358 g/mol. The van der Waals surface area contributed by atoms with Crippen molar-refractivity contribution in [2.24, 2.45) is 0 Å². The Morgan fingerprint density at radius 1 is 1.14 bits per heavy atom. The van der Waals surface area contributed by atoms with Gasteiger partial charge in [0.1, 0.15) is 12.3 Å². The first-order chi connectivity index (χ1) is 13.5. The highest BCUT2D eigenvalue weighted by Gasteiger charge is 2.22. The van der Waals surface area contributed by atoms with E-state index in [0.717, 1.165) is 16.5 Å². The van der Waals surface area contributed by atoms with Crippen LogP contribution in [0, 0.1) is 13.8 Å². The lowest BCUT2D eigenvalue weighted by atomic mass is 10.1. The second-order valence-electron chi connectivity index (χ2n) is 6.62. The van der Waals surface area contributed by atoms with E-state index in [1.807, 2.05) is 24.4 Å². The molecule has 148 valence electrons. The van der Waals surface area contributed by atoms with Crippen LogP contribution in [0.2, 0.25) is 0 Å². The van der Waals surface area contributed by atoms with Crippen LogP contribution in [0.15, 0.2) is 30.5 Å². The average Bonchev–Trinajstić information content (AvgIpc) is 3.22. The highest BCUT2D eigenvalue weighted by molar-refractivity contribution is 6.00. The van der Waals surface area contributed by atoms with Crippen LogP contribution >= 0.6 is 0 Å². The van der Waals surface area contributed by atoms with Gasteiger partial charge in [-0.25, -0.2) is 4.79 Å². The van der Waals surface area contributed by atoms with Crippen LogP contribution < -0.4 is 5.32 Å². The van der Waals surface area contributed by atoms with E-state index in [9.17, 15) is 9.59 Å². The van der Waals surface area contributed by atoms with Crippen LogP contribution in [-0.2, 0) is 15.9 Å². The van der Waals surface area contributed by atoms with E-state index >= 15 is 0 Å². The lowest BCUT2D eigenvalue weighted by Crippen LogP contribution is -2.26. The number of aryl methyl sites for hydroxylation is 1. The number of hydrogen-bond acceptors (Lipinski definition) is 4. The fourth-order valence-corrected chi connectivity index (χ4v) is 3.31. The zero-order chi connectivity index (χ0) is 20.1. The molecule has 0 bridgehead atoms. The second kappa shape index (κ2) is 8.75. The Balaban J connectivity index is 1.63. The molecular formula is C21H25N3O4. The number of methoxy groups -OCH3 is 1. The zero-order valence-corrected chi connectivity index (χ0v) is 16.3. The second-order valence-corrected chi connectivity index (χ2v) is 6.62. The number of para-hydroxylation sites is 1. The molecule has 0 fully saturated rings. The van der Waals surface area contributed by atoms with Gasteiger partial charge in [0.25, 0.3) is 5.91 Å². The molecule has 2 heterocycles. The number of carbonyl (C=O) groups is 2. The van der Waals surface area contributed by atoms with E-state index in [0.29, 0.717) is 42.1 Å². The van der Waals surface area contributed by atoms with Gasteiger partial charge in [0.05, 0.1) is 12.2 Å². The summed E-state index contributed by atoms with van der Waals surface area (Å²) in [5.74, 6) is -0.697. The Morgan fingerprint density at radius 3 is 2.71 bits per heavy atom. The molecule has 7 heteroatoms. The summed E-state index contributed by atoms with van der Waals surface area (Å²) in [4.78, 5) is 31.1. The maximum atomic E-state index is 12.6. The number of carbonyl (C=O) groups excluding carboxylic acids is 2. The van der Waals surface area contributed by atoms with Crippen LogP contribution in [0.1, 0.15) is 37.7 Å². The molecule has 0 aliphatic heterocycles. The molecule has 2 aromatic heterocycles. The van der Waals surface area contributed by atoms with E-state index < -0.39 is 5.97 Å². The minimum atomic E-state index is -0.457. The quantitative estimate of drug-likeness (QED) is 0.412. The van der Waals surface area contributed by atoms with Gasteiger partial charge in [-0.1, -0.05) is 18.2 Å². The average molecular weight is 383 g/mol. The number of aromatic nitrogens is 2. The molecule has 0 saturated heterocycles. The molecule has 28 heavy (non-hydrogen) atoms. The molecule has 3 rings (SSSR count). The number of rotatable bonds is 8.